The van der Waals surface area contributed by atoms with E-state index in [0.717, 1.165) is 12.0 Å². The van der Waals surface area contributed by atoms with Gasteiger partial charge in [0, 0.05) is 29.6 Å². The van der Waals surface area contributed by atoms with Gasteiger partial charge in [-0.15, -0.1) is 0 Å². The number of aromatic nitrogens is 1. The fourth-order valence-electron chi connectivity index (χ4n) is 3.50. The molecule has 166 valence electrons. The molecule has 0 aliphatic carbocycles. The van der Waals surface area contributed by atoms with E-state index in [9.17, 15) is 14.7 Å². The topological polar surface area (TPSA) is 113 Å². The lowest BCUT2D eigenvalue weighted by Crippen LogP contribution is -2.52. The van der Waals surface area contributed by atoms with Crippen molar-refractivity contribution in [3.63, 3.8) is 0 Å². The Labute approximate surface area is 186 Å². The molecule has 31 heavy (non-hydrogen) atoms. The van der Waals surface area contributed by atoms with Crippen LogP contribution in [0.5, 0.6) is 0 Å². The van der Waals surface area contributed by atoms with Crippen molar-refractivity contribution in [2.45, 2.75) is 43.9 Å². The fourth-order valence-corrected chi connectivity index (χ4v) is 3.63. The van der Waals surface area contributed by atoms with Crippen LogP contribution >= 0.6 is 11.6 Å². The highest BCUT2D eigenvalue weighted by Crippen LogP contribution is 2.22. The van der Waals surface area contributed by atoms with Crippen LogP contribution in [-0.4, -0.2) is 53.4 Å². The quantitative estimate of drug-likeness (QED) is 0.497. The Morgan fingerprint density at radius 3 is 2.58 bits per heavy atom. The van der Waals surface area contributed by atoms with Crippen LogP contribution in [0.1, 0.15) is 24.8 Å². The van der Waals surface area contributed by atoms with Gasteiger partial charge in [-0.2, -0.15) is 0 Å². The van der Waals surface area contributed by atoms with E-state index in [0.29, 0.717) is 36.5 Å². The van der Waals surface area contributed by atoms with Crippen LogP contribution in [0.2, 0.25) is 5.02 Å². The summed E-state index contributed by atoms with van der Waals surface area (Å²) >= 11 is 5.85. The SMILES string of the molecule is O=C(Cc1ccncc1)NCC[C@H]1CC[C@H](NC(=O)Nc2ccc(Cl)cc2)[C@H](CO)O1. The van der Waals surface area contributed by atoms with Gasteiger partial charge in [-0.1, -0.05) is 11.6 Å². The summed E-state index contributed by atoms with van der Waals surface area (Å²) < 4.78 is 5.95. The highest BCUT2D eigenvalue weighted by Gasteiger charge is 2.31. The van der Waals surface area contributed by atoms with E-state index >= 15 is 0 Å². The normalized spacial score (nSPS) is 20.6. The molecule has 9 heteroatoms. The summed E-state index contributed by atoms with van der Waals surface area (Å²) in [5.74, 6) is -0.0564. The second kappa shape index (κ2) is 11.6. The Morgan fingerprint density at radius 2 is 1.87 bits per heavy atom. The van der Waals surface area contributed by atoms with Crippen LogP contribution in [0.25, 0.3) is 0 Å². The van der Waals surface area contributed by atoms with Crippen molar-refractivity contribution in [2.24, 2.45) is 0 Å². The summed E-state index contributed by atoms with van der Waals surface area (Å²) in [6.45, 7) is 0.290. The van der Waals surface area contributed by atoms with Gasteiger partial charge < -0.3 is 25.8 Å². The highest BCUT2D eigenvalue weighted by molar-refractivity contribution is 6.30. The van der Waals surface area contributed by atoms with Gasteiger partial charge in [0.1, 0.15) is 6.10 Å². The maximum atomic E-state index is 12.3. The van der Waals surface area contributed by atoms with Crippen LogP contribution in [0, 0.1) is 0 Å². The number of urea groups is 1. The van der Waals surface area contributed by atoms with Gasteiger partial charge in [-0.05, 0) is 61.2 Å². The minimum atomic E-state index is -0.498. The number of aliphatic hydroxyl groups excluding tert-OH is 1. The molecule has 2 heterocycles. The van der Waals surface area contributed by atoms with Crippen LogP contribution in [-0.2, 0) is 16.0 Å². The lowest BCUT2D eigenvalue weighted by atomic mass is 9.97. The van der Waals surface area contributed by atoms with E-state index in [2.05, 4.69) is 20.9 Å². The lowest BCUT2D eigenvalue weighted by molar-refractivity contribution is -0.121. The van der Waals surface area contributed by atoms with Crippen LogP contribution in [0.15, 0.2) is 48.8 Å². The molecule has 0 saturated carbocycles. The minimum absolute atomic E-state index is 0.0564. The molecule has 3 rings (SSSR count). The monoisotopic (exact) mass is 446 g/mol. The van der Waals surface area contributed by atoms with Crippen LogP contribution in [0.4, 0.5) is 10.5 Å². The molecule has 1 aromatic heterocycles. The van der Waals surface area contributed by atoms with E-state index in [4.69, 9.17) is 16.3 Å². The lowest BCUT2D eigenvalue weighted by Gasteiger charge is -2.36. The number of nitrogens with one attached hydrogen (secondary N) is 3. The number of hydrogen-bond acceptors (Lipinski definition) is 5. The highest BCUT2D eigenvalue weighted by atomic mass is 35.5. The standard InChI is InChI=1S/C22H27ClN4O4/c23-16-1-3-17(4-2-16)26-22(30)27-19-6-5-18(31-20(19)14-28)9-12-25-21(29)13-15-7-10-24-11-8-15/h1-4,7-8,10-11,18-20,28H,5-6,9,12-14H2,(H,25,29)(H2,26,27,30)/t18-,19+,20+/m1/s1. The van der Waals surface area contributed by atoms with Gasteiger partial charge in [0.25, 0.3) is 0 Å². The van der Waals surface area contributed by atoms with Gasteiger partial charge in [0.15, 0.2) is 0 Å². The molecular weight excluding hydrogens is 420 g/mol. The number of halogens is 1. The summed E-state index contributed by atoms with van der Waals surface area (Å²) in [5.41, 5.74) is 1.53. The van der Waals surface area contributed by atoms with Crippen molar-refractivity contribution >= 4 is 29.2 Å². The number of aliphatic hydroxyl groups is 1. The van der Waals surface area contributed by atoms with E-state index in [1.807, 2.05) is 12.1 Å². The fraction of sp³-hybridized carbons (Fsp3) is 0.409. The number of benzene rings is 1. The molecule has 3 atom stereocenters. The molecule has 1 fully saturated rings. The van der Waals surface area contributed by atoms with Gasteiger partial charge >= 0.3 is 6.03 Å². The third kappa shape index (κ3) is 7.50. The number of hydrogen-bond donors (Lipinski definition) is 4. The smallest absolute Gasteiger partial charge is 0.319 e. The first-order chi connectivity index (χ1) is 15.0. The number of nitrogens with zero attached hydrogens (tertiary/aromatic N) is 1. The second-order valence-corrected chi connectivity index (χ2v) is 7.88. The van der Waals surface area contributed by atoms with E-state index in [1.165, 1.54) is 0 Å². The predicted octanol–water partition coefficient (Wildman–Crippen LogP) is 2.51. The van der Waals surface area contributed by atoms with Gasteiger partial charge in [-0.3, -0.25) is 9.78 Å². The van der Waals surface area contributed by atoms with Crippen molar-refractivity contribution in [1.82, 2.24) is 15.6 Å². The number of pyridine rings is 1. The molecule has 1 aromatic carbocycles. The molecule has 8 nitrogen and oxygen atoms in total. The van der Waals surface area contributed by atoms with E-state index in [-0.39, 0.29) is 30.7 Å². The van der Waals surface area contributed by atoms with Crippen LogP contribution in [0.3, 0.4) is 0 Å². The summed E-state index contributed by atoms with van der Waals surface area (Å²) in [4.78, 5) is 28.2. The first-order valence-corrected chi connectivity index (χ1v) is 10.7. The van der Waals surface area contributed by atoms with Crippen molar-refractivity contribution in [3.05, 3.63) is 59.4 Å². The predicted molar refractivity (Wildman–Crippen MR) is 118 cm³/mol. The zero-order valence-corrected chi connectivity index (χ0v) is 17.8. The second-order valence-electron chi connectivity index (χ2n) is 7.44. The summed E-state index contributed by atoms with van der Waals surface area (Å²) in [6.07, 6.45) is 5.08. The van der Waals surface area contributed by atoms with Gasteiger partial charge in [0.05, 0.1) is 25.2 Å². The maximum Gasteiger partial charge on any atom is 0.319 e. The third-order valence-corrected chi connectivity index (χ3v) is 5.37. The molecule has 0 radical (unpaired) electrons. The van der Waals surface area contributed by atoms with E-state index in [1.54, 1.807) is 36.7 Å². The molecule has 0 bridgehead atoms. The van der Waals surface area contributed by atoms with Gasteiger partial charge in [0.2, 0.25) is 5.91 Å². The molecule has 1 aliphatic heterocycles. The zero-order chi connectivity index (χ0) is 22.1. The zero-order valence-electron chi connectivity index (χ0n) is 17.1. The number of carbonyl (C=O) groups is 2. The number of ether oxygens (including phenoxy) is 1. The molecule has 0 spiro atoms. The first-order valence-electron chi connectivity index (χ1n) is 10.3. The molecule has 0 unspecified atom stereocenters. The Kier molecular flexibility index (Phi) is 8.63. The molecule has 3 amide bonds. The molecular formula is C22H27ClN4O4. The summed E-state index contributed by atoms with van der Waals surface area (Å²) in [7, 11) is 0. The number of carbonyl (C=O) groups excluding carboxylic acids is 2. The van der Waals surface area contributed by atoms with Crippen molar-refractivity contribution < 1.29 is 19.4 Å². The summed E-state index contributed by atoms with van der Waals surface area (Å²) in [6, 6.07) is 9.77. The number of anilines is 1. The average Bonchev–Trinajstić information content (AvgIpc) is 2.77. The van der Waals surface area contributed by atoms with Crippen molar-refractivity contribution in [2.75, 3.05) is 18.5 Å². The molecule has 1 aliphatic rings. The first kappa shape index (κ1) is 23.0. The van der Waals surface area contributed by atoms with Crippen molar-refractivity contribution in [3.8, 4) is 0 Å². The maximum absolute atomic E-state index is 12.3. The van der Waals surface area contributed by atoms with Crippen molar-refractivity contribution in [1.29, 1.82) is 0 Å². The Hall–Kier alpha value is -2.68. The molecule has 4 N–H and O–H groups in total. The third-order valence-electron chi connectivity index (χ3n) is 5.12. The Bertz CT molecular complexity index is 850. The summed E-state index contributed by atoms with van der Waals surface area (Å²) in [5, 5.41) is 18.8. The van der Waals surface area contributed by atoms with Gasteiger partial charge in [-0.25, -0.2) is 4.79 Å². The van der Waals surface area contributed by atoms with E-state index < -0.39 is 6.10 Å². The Morgan fingerprint density at radius 1 is 1.13 bits per heavy atom. The largest absolute Gasteiger partial charge is 0.394 e. The average molecular weight is 447 g/mol. The van der Waals surface area contributed by atoms with Crippen LogP contribution < -0.4 is 16.0 Å². The molecule has 2 aromatic rings. The Balaban J connectivity index is 1.39. The molecule has 1 saturated heterocycles. The number of amides is 3. The number of rotatable bonds is 8. The minimum Gasteiger partial charge on any atom is -0.394 e.